The zero-order valence-corrected chi connectivity index (χ0v) is 18.1. The molecule has 0 aliphatic heterocycles. The number of nitrogens with zero attached hydrogens (tertiary/aromatic N) is 2. The van der Waals surface area contributed by atoms with E-state index in [4.69, 9.17) is 9.90 Å². The lowest BCUT2D eigenvalue weighted by Gasteiger charge is -2.25. The lowest BCUT2D eigenvalue weighted by Crippen LogP contribution is -2.37. The van der Waals surface area contributed by atoms with Gasteiger partial charge in [-0.05, 0) is 44.3 Å². The molecule has 3 N–H and O–H groups in total. The molecule has 0 saturated carbocycles. The second-order valence-corrected chi connectivity index (χ2v) is 7.27. The fourth-order valence-corrected chi connectivity index (χ4v) is 3.03. The van der Waals surface area contributed by atoms with Gasteiger partial charge in [-0.1, -0.05) is 36.4 Å². The van der Waals surface area contributed by atoms with Gasteiger partial charge in [0.05, 0.1) is 17.4 Å². The first-order valence-corrected chi connectivity index (χ1v) is 9.69. The number of nitrogens with one attached hydrogen (secondary N) is 2. The maximum atomic E-state index is 12.8. The van der Waals surface area contributed by atoms with Crippen LogP contribution in [-0.4, -0.2) is 52.1 Å². The number of rotatable bonds is 5. The summed E-state index contributed by atoms with van der Waals surface area (Å²) < 4.78 is 31.7. The van der Waals surface area contributed by atoms with Gasteiger partial charge in [0.1, 0.15) is 11.9 Å². The number of alkyl halides is 3. The Kier molecular flexibility index (Phi) is 8.30. The number of carbonyl (C=O) groups excluding carboxylic acids is 1. The van der Waals surface area contributed by atoms with Crippen LogP contribution in [0.25, 0.3) is 10.9 Å². The molecule has 1 amide bonds. The standard InChI is InChI=1S/C20H22N4O2.C2HF3O2/c1-13-8-4-5-9-14(13)18(24(2)3)20(26)21-12-17-22-16-11-7-6-10-15(16)19(25)23-17;3-2(4,5)1(6)7/h4-11,18H,12H2,1-3H3,(H,21,26)(H,22,23,25);(H,6,7). The van der Waals surface area contributed by atoms with Gasteiger partial charge in [-0.3, -0.25) is 14.5 Å². The quantitative estimate of drug-likeness (QED) is 0.535. The van der Waals surface area contributed by atoms with Crippen LogP contribution in [0.2, 0.25) is 0 Å². The molecule has 0 bridgehead atoms. The highest BCUT2D eigenvalue weighted by molar-refractivity contribution is 5.83. The Morgan fingerprint density at radius 1 is 1.12 bits per heavy atom. The van der Waals surface area contributed by atoms with Crippen molar-refractivity contribution >= 4 is 22.8 Å². The van der Waals surface area contributed by atoms with Crippen molar-refractivity contribution in [3.63, 3.8) is 0 Å². The highest BCUT2D eigenvalue weighted by atomic mass is 19.4. The number of aryl methyl sites for hydroxylation is 1. The van der Waals surface area contributed by atoms with E-state index in [2.05, 4.69) is 15.3 Å². The van der Waals surface area contributed by atoms with E-state index in [9.17, 15) is 22.8 Å². The van der Waals surface area contributed by atoms with E-state index in [1.54, 1.807) is 18.2 Å². The molecule has 3 aromatic rings. The Bertz CT molecular complexity index is 1190. The largest absolute Gasteiger partial charge is 0.490 e. The smallest absolute Gasteiger partial charge is 0.475 e. The van der Waals surface area contributed by atoms with Crippen molar-refractivity contribution in [1.29, 1.82) is 0 Å². The summed E-state index contributed by atoms with van der Waals surface area (Å²) in [6.07, 6.45) is -5.08. The highest BCUT2D eigenvalue weighted by Crippen LogP contribution is 2.22. The van der Waals surface area contributed by atoms with Crippen molar-refractivity contribution in [2.45, 2.75) is 25.7 Å². The molecule has 33 heavy (non-hydrogen) atoms. The van der Waals surface area contributed by atoms with Gasteiger partial charge in [0.25, 0.3) is 5.56 Å². The summed E-state index contributed by atoms with van der Waals surface area (Å²) in [5.41, 5.74) is 2.42. The van der Waals surface area contributed by atoms with Crippen molar-refractivity contribution in [3.05, 3.63) is 75.8 Å². The van der Waals surface area contributed by atoms with Crippen LogP contribution in [0.1, 0.15) is 23.0 Å². The Labute approximate surface area is 187 Å². The first-order valence-electron chi connectivity index (χ1n) is 9.69. The average Bonchev–Trinajstić information content (AvgIpc) is 2.73. The van der Waals surface area contributed by atoms with Crippen LogP contribution < -0.4 is 10.9 Å². The van der Waals surface area contributed by atoms with Crippen LogP contribution >= 0.6 is 0 Å². The first-order chi connectivity index (χ1) is 15.4. The van der Waals surface area contributed by atoms with Crippen LogP contribution in [-0.2, 0) is 16.1 Å². The van der Waals surface area contributed by atoms with Crippen LogP contribution in [0.5, 0.6) is 0 Å². The molecule has 2 aromatic carbocycles. The third-order valence-electron chi connectivity index (χ3n) is 4.58. The molecule has 0 aliphatic carbocycles. The summed E-state index contributed by atoms with van der Waals surface area (Å²) in [4.78, 5) is 42.8. The molecule has 8 nitrogen and oxygen atoms in total. The van der Waals surface area contributed by atoms with E-state index < -0.39 is 18.2 Å². The number of hydrogen-bond acceptors (Lipinski definition) is 5. The number of hydrogen-bond donors (Lipinski definition) is 3. The fourth-order valence-electron chi connectivity index (χ4n) is 3.03. The molecule has 0 spiro atoms. The molecule has 0 saturated heterocycles. The maximum absolute atomic E-state index is 12.8. The molecule has 1 heterocycles. The SMILES string of the molecule is Cc1ccccc1C(C(=O)NCc1nc2ccccc2c(=O)[nH]1)N(C)C.O=C(O)C(F)(F)F. The zero-order chi connectivity index (χ0) is 24.8. The summed E-state index contributed by atoms with van der Waals surface area (Å²) in [6.45, 7) is 2.15. The van der Waals surface area contributed by atoms with Gasteiger partial charge in [-0.15, -0.1) is 0 Å². The Balaban J connectivity index is 0.000000479. The number of fused-ring (bicyclic) bond motifs is 1. The van der Waals surface area contributed by atoms with Crippen molar-refractivity contribution in [3.8, 4) is 0 Å². The van der Waals surface area contributed by atoms with Crippen molar-refractivity contribution < 1.29 is 27.9 Å². The minimum atomic E-state index is -5.08. The lowest BCUT2D eigenvalue weighted by molar-refractivity contribution is -0.192. The highest BCUT2D eigenvalue weighted by Gasteiger charge is 2.38. The van der Waals surface area contributed by atoms with Crippen molar-refractivity contribution in [2.75, 3.05) is 14.1 Å². The monoisotopic (exact) mass is 464 g/mol. The number of aromatic nitrogens is 2. The Morgan fingerprint density at radius 3 is 2.27 bits per heavy atom. The van der Waals surface area contributed by atoms with E-state index in [-0.39, 0.29) is 18.0 Å². The molecule has 0 aliphatic rings. The number of para-hydroxylation sites is 1. The normalized spacial score (nSPS) is 12.1. The van der Waals surface area contributed by atoms with E-state index in [1.807, 2.05) is 56.3 Å². The number of carboxylic acid groups (broad SMARTS) is 1. The second-order valence-electron chi connectivity index (χ2n) is 7.27. The topological polar surface area (TPSA) is 115 Å². The summed E-state index contributed by atoms with van der Waals surface area (Å²) in [5, 5.41) is 10.5. The molecular formula is C22H23F3N4O4. The van der Waals surface area contributed by atoms with Gasteiger partial charge >= 0.3 is 12.1 Å². The molecule has 3 rings (SSSR count). The van der Waals surface area contributed by atoms with Crippen LogP contribution in [0, 0.1) is 6.92 Å². The number of amides is 1. The number of likely N-dealkylation sites (N-methyl/N-ethyl adjacent to an activating group) is 1. The van der Waals surface area contributed by atoms with Crippen molar-refractivity contribution in [1.82, 2.24) is 20.2 Å². The molecule has 1 atom stereocenters. The Morgan fingerprint density at radius 2 is 1.70 bits per heavy atom. The summed E-state index contributed by atoms with van der Waals surface area (Å²) >= 11 is 0. The summed E-state index contributed by atoms with van der Waals surface area (Å²) in [5.74, 6) is -2.46. The van der Waals surface area contributed by atoms with E-state index in [1.165, 1.54) is 0 Å². The number of aliphatic carboxylic acids is 1. The predicted octanol–water partition coefficient (Wildman–Crippen LogP) is 2.78. The molecule has 11 heteroatoms. The van der Waals surface area contributed by atoms with Gasteiger partial charge < -0.3 is 15.4 Å². The number of halogens is 3. The third kappa shape index (κ3) is 6.88. The fraction of sp³-hybridized carbons (Fsp3) is 0.273. The maximum Gasteiger partial charge on any atom is 0.490 e. The number of aromatic amines is 1. The molecule has 176 valence electrons. The van der Waals surface area contributed by atoms with Crippen molar-refractivity contribution in [2.24, 2.45) is 0 Å². The van der Waals surface area contributed by atoms with Crippen LogP contribution in [0.3, 0.4) is 0 Å². The molecule has 0 fully saturated rings. The van der Waals surface area contributed by atoms with Crippen LogP contribution in [0.15, 0.2) is 53.3 Å². The van der Waals surface area contributed by atoms with Gasteiger partial charge in [0.15, 0.2) is 0 Å². The second kappa shape index (κ2) is 10.7. The van der Waals surface area contributed by atoms with E-state index in [0.29, 0.717) is 16.7 Å². The van der Waals surface area contributed by atoms with Gasteiger partial charge in [-0.2, -0.15) is 13.2 Å². The van der Waals surface area contributed by atoms with Gasteiger partial charge in [0, 0.05) is 0 Å². The summed E-state index contributed by atoms with van der Waals surface area (Å²) in [7, 11) is 3.74. The van der Waals surface area contributed by atoms with E-state index >= 15 is 0 Å². The Hall–Kier alpha value is -3.73. The lowest BCUT2D eigenvalue weighted by atomic mass is 10.00. The predicted molar refractivity (Wildman–Crippen MR) is 116 cm³/mol. The van der Waals surface area contributed by atoms with Gasteiger partial charge in [0.2, 0.25) is 5.91 Å². The third-order valence-corrected chi connectivity index (χ3v) is 4.58. The van der Waals surface area contributed by atoms with Crippen LogP contribution in [0.4, 0.5) is 13.2 Å². The number of benzene rings is 2. The minimum absolute atomic E-state index is 0.139. The van der Waals surface area contributed by atoms with Gasteiger partial charge in [-0.25, -0.2) is 9.78 Å². The first kappa shape index (κ1) is 25.5. The molecule has 1 unspecified atom stereocenters. The number of H-pyrrole nitrogens is 1. The molecule has 1 aromatic heterocycles. The number of carboxylic acids is 1. The van der Waals surface area contributed by atoms with E-state index in [0.717, 1.165) is 11.1 Å². The minimum Gasteiger partial charge on any atom is -0.475 e. The molecule has 0 radical (unpaired) electrons. The zero-order valence-electron chi connectivity index (χ0n) is 18.1. The average molecular weight is 464 g/mol. The summed E-state index contributed by atoms with van der Waals surface area (Å²) in [6, 6.07) is 14.5. The molecular weight excluding hydrogens is 441 g/mol. The number of carbonyl (C=O) groups is 2.